The molecule has 1 saturated heterocycles. The van der Waals surface area contributed by atoms with Crippen LogP contribution in [0.1, 0.15) is 12.0 Å². The highest BCUT2D eigenvalue weighted by molar-refractivity contribution is 7.60. The van der Waals surface area contributed by atoms with Crippen molar-refractivity contribution >= 4 is 30.8 Å². The molecule has 2 rings (SSSR count). The molecule has 1 heterocycles. The summed E-state index contributed by atoms with van der Waals surface area (Å²) in [5.74, 6) is -4.18. The van der Waals surface area contributed by atoms with Crippen LogP contribution in [0.25, 0.3) is 0 Å². The lowest BCUT2D eigenvalue weighted by Gasteiger charge is -2.33. The fourth-order valence-corrected chi connectivity index (χ4v) is 5.17. The molecule has 1 fully saturated rings. The molecule has 1 aromatic rings. The van der Waals surface area contributed by atoms with E-state index in [4.69, 9.17) is 4.74 Å². The van der Waals surface area contributed by atoms with Crippen molar-refractivity contribution < 1.29 is 62.0 Å². The molecule has 5 N–H and O–H groups in total. The molecule has 0 saturated carbocycles. The van der Waals surface area contributed by atoms with E-state index in [0.29, 0.717) is 19.2 Å². The van der Waals surface area contributed by atoms with Crippen molar-refractivity contribution in [2.45, 2.75) is 12.6 Å². The quantitative estimate of drug-likeness (QED) is 0.150. The Hall–Kier alpha value is -2.79. The predicted octanol–water partition coefficient (Wildman–Crippen LogP) is -0.247. The molecule has 1 aromatic carbocycles. The highest BCUT2D eigenvalue weighted by Gasteiger charge is 2.38. The van der Waals surface area contributed by atoms with Gasteiger partial charge in [-0.15, -0.1) is 0 Å². The molecule has 1 aliphatic rings. The maximum Gasteiger partial charge on any atom is 0.419 e. The van der Waals surface area contributed by atoms with Crippen molar-refractivity contribution in [1.29, 1.82) is 0 Å². The molecule has 0 radical (unpaired) electrons. The Labute approximate surface area is 240 Å². The smallest absolute Gasteiger partial charge is 0.419 e. The number of halogens is 3. The number of carbonyl (C=O) groups is 3. The van der Waals surface area contributed by atoms with Gasteiger partial charge in [0.05, 0.1) is 31.8 Å². The van der Waals surface area contributed by atoms with Gasteiger partial charge in [-0.3, -0.25) is 33.6 Å². The van der Waals surface area contributed by atoms with Crippen LogP contribution in [0.4, 0.5) is 13.2 Å². The first-order valence-electron chi connectivity index (χ1n) is 13.0. The van der Waals surface area contributed by atoms with E-state index in [0.717, 1.165) is 12.1 Å². The molecule has 14 nitrogen and oxygen atoms in total. The number of para-hydroxylation sites is 1. The maximum atomic E-state index is 13.5. The lowest BCUT2D eigenvalue weighted by atomic mass is 10.2. The molecule has 0 aliphatic carbocycles. The summed E-state index contributed by atoms with van der Waals surface area (Å²) >= 11 is 0. The number of benzene rings is 1. The number of rotatable bonds is 12. The summed E-state index contributed by atoms with van der Waals surface area (Å²) in [5, 5.41) is 27.0. The normalized spacial score (nSPS) is 17.7. The Morgan fingerprint density at radius 2 is 1.17 bits per heavy atom. The van der Waals surface area contributed by atoms with Crippen LogP contribution in [-0.4, -0.2) is 148 Å². The third-order valence-electron chi connectivity index (χ3n) is 6.48. The molecule has 1 aliphatic heterocycles. The van der Waals surface area contributed by atoms with E-state index in [2.05, 4.69) is 0 Å². The van der Waals surface area contributed by atoms with E-state index in [1.165, 1.54) is 0 Å². The summed E-state index contributed by atoms with van der Waals surface area (Å²) in [7, 11) is -5.08. The molecule has 42 heavy (non-hydrogen) atoms. The van der Waals surface area contributed by atoms with Crippen molar-refractivity contribution in [2.75, 3.05) is 85.1 Å². The lowest BCUT2D eigenvalue weighted by Crippen LogP contribution is -2.48. The highest BCUT2D eigenvalue weighted by atomic mass is 31.2. The van der Waals surface area contributed by atoms with Crippen LogP contribution in [0.15, 0.2) is 18.2 Å². The van der Waals surface area contributed by atoms with Gasteiger partial charge < -0.3 is 34.7 Å². The first kappa shape index (κ1) is 35.4. The summed E-state index contributed by atoms with van der Waals surface area (Å²) in [5.41, 5.74) is -1.32. The zero-order valence-electron chi connectivity index (χ0n) is 22.8. The van der Waals surface area contributed by atoms with Crippen molar-refractivity contribution in [3.05, 3.63) is 23.8 Å². The minimum absolute atomic E-state index is 0.136. The van der Waals surface area contributed by atoms with Crippen LogP contribution in [0.2, 0.25) is 0 Å². The van der Waals surface area contributed by atoms with Crippen LogP contribution in [0, 0.1) is 0 Å². The van der Waals surface area contributed by atoms with Gasteiger partial charge in [-0.25, -0.2) is 0 Å². The average molecular weight is 629 g/mol. The van der Waals surface area contributed by atoms with Crippen LogP contribution in [0.5, 0.6) is 5.75 Å². The number of carboxylic acids is 3. The van der Waals surface area contributed by atoms with Crippen LogP contribution in [-0.2, 0) is 25.1 Å². The molecule has 0 spiro atoms. The Kier molecular flexibility index (Phi) is 13.6. The number of hydrogen-bond donors (Lipinski definition) is 5. The third-order valence-corrected chi connectivity index (χ3v) is 7.46. The van der Waals surface area contributed by atoms with Crippen molar-refractivity contribution in [3.8, 4) is 5.75 Å². The predicted molar refractivity (Wildman–Crippen MR) is 142 cm³/mol. The van der Waals surface area contributed by atoms with E-state index in [9.17, 15) is 57.2 Å². The molecule has 0 aromatic heterocycles. The Balaban J connectivity index is 2.16. The Bertz CT molecular complexity index is 1090. The molecule has 0 atom stereocenters. The average Bonchev–Trinajstić information content (AvgIpc) is 2.85. The van der Waals surface area contributed by atoms with Gasteiger partial charge in [0.2, 0.25) is 0 Å². The minimum Gasteiger partial charge on any atom is -0.492 e. The minimum atomic E-state index is -5.08. The summed E-state index contributed by atoms with van der Waals surface area (Å²) in [6, 6.07) is 2.41. The topological polar surface area (TPSA) is 192 Å². The van der Waals surface area contributed by atoms with E-state index < -0.39 is 48.3 Å². The van der Waals surface area contributed by atoms with E-state index in [1.807, 2.05) is 4.90 Å². The third kappa shape index (κ3) is 12.6. The Morgan fingerprint density at radius 1 is 0.762 bits per heavy atom. The summed E-state index contributed by atoms with van der Waals surface area (Å²) in [6.45, 7) is 1.07. The zero-order valence-corrected chi connectivity index (χ0v) is 23.7. The van der Waals surface area contributed by atoms with Gasteiger partial charge in [0.15, 0.2) is 0 Å². The molecular weight excluding hydrogens is 592 g/mol. The lowest BCUT2D eigenvalue weighted by molar-refractivity contribution is -0.140. The van der Waals surface area contributed by atoms with E-state index >= 15 is 0 Å². The van der Waals surface area contributed by atoms with Gasteiger partial charge in [-0.1, -0.05) is 6.07 Å². The summed E-state index contributed by atoms with van der Waals surface area (Å²) in [4.78, 5) is 59.9. The Morgan fingerprint density at radius 3 is 1.52 bits per heavy atom. The zero-order chi connectivity index (χ0) is 31.5. The van der Waals surface area contributed by atoms with Gasteiger partial charge >= 0.3 is 31.7 Å². The monoisotopic (exact) mass is 628 g/mol. The number of nitrogens with zero attached hydrogens (tertiary/aromatic N) is 4. The number of ether oxygens (including phenoxy) is 1. The second-order valence-electron chi connectivity index (χ2n) is 9.75. The number of aliphatic carboxylic acids is 3. The van der Waals surface area contributed by atoms with Crippen LogP contribution < -0.4 is 10.0 Å². The summed E-state index contributed by atoms with van der Waals surface area (Å²) in [6.07, 6.45) is -4.78. The molecule has 0 amide bonds. The van der Waals surface area contributed by atoms with Gasteiger partial charge in [0.1, 0.15) is 11.1 Å². The van der Waals surface area contributed by atoms with Crippen molar-refractivity contribution in [2.24, 2.45) is 0 Å². The molecule has 0 bridgehead atoms. The fraction of sp³-hybridized carbons (Fsp3) is 0.625. The van der Waals surface area contributed by atoms with Crippen LogP contribution in [0.3, 0.4) is 0 Å². The van der Waals surface area contributed by atoms with Gasteiger partial charge in [-0.2, -0.15) is 13.2 Å². The number of alkyl halides is 3. The molecule has 238 valence electrons. The van der Waals surface area contributed by atoms with E-state index in [-0.39, 0.29) is 78.5 Å². The highest BCUT2D eigenvalue weighted by Crippen LogP contribution is 2.43. The first-order chi connectivity index (χ1) is 19.6. The summed E-state index contributed by atoms with van der Waals surface area (Å²) < 4.78 is 57.6. The van der Waals surface area contributed by atoms with E-state index in [1.54, 1.807) is 14.7 Å². The largest absolute Gasteiger partial charge is 0.492 e. The molecule has 0 unspecified atom stereocenters. The van der Waals surface area contributed by atoms with Gasteiger partial charge in [-0.05, 0) is 18.6 Å². The molecular formula is C24H36F3N4O10P. The van der Waals surface area contributed by atoms with Gasteiger partial charge in [0, 0.05) is 58.9 Å². The fourth-order valence-electron chi connectivity index (χ4n) is 4.44. The SMILES string of the molecule is O=C(O)CN1CCN(CCCOc2c(C(F)(F)F)cccc2P(=O)(O)O)CCN(CC(=O)O)CCN(CC(=O)O)CC1. The molecule has 18 heteroatoms. The number of carboxylic acid groups (broad SMARTS) is 3. The van der Waals surface area contributed by atoms with Crippen molar-refractivity contribution in [3.63, 3.8) is 0 Å². The number of hydrogen-bond acceptors (Lipinski definition) is 9. The maximum absolute atomic E-state index is 13.5. The van der Waals surface area contributed by atoms with Gasteiger partial charge in [0.25, 0.3) is 0 Å². The first-order valence-corrected chi connectivity index (χ1v) is 14.6. The van der Waals surface area contributed by atoms with Crippen molar-refractivity contribution in [1.82, 2.24) is 19.6 Å². The second-order valence-corrected chi connectivity index (χ2v) is 11.3. The second kappa shape index (κ2) is 16.2. The van der Waals surface area contributed by atoms with Crippen LogP contribution >= 0.6 is 7.60 Å². The standard InChI is InChI=1S/C24H36F3N4O10P/c25-24(26,27)18-3-1-4-19(42(38,39)40)23(18)41-14-2-5-28-6-8-29(15-20(32)33)10-12-31(17-22(36)37)13-11-30(9-7-28)16-21(34)35/h1,3-4H,2,5-17H2,(H,32,33)(H,34,35)(H,36,37)(H2,38,39,40).